The van der Waals surface area contributed by atoms with Gasteiger partial charge in [0.25, 0.3) is 6.08 Å². The van der Waals surface area contributed by atoms with E-state index >= 15 is 0 Å². The first-order valence-corrected chi connectivity index (χ1v) is 5.51. The van der Waals surface area contributed by atoms with E-state index in [1.165, 1.54) is 5.75 Å². The largest absolute Gasteiger partial charge is 0.266 e. The van der Waals surface area contributed by atoms with Crippen LogP contribution in [0.25, 0.3) is 0 Å². The summed E-state index contributed by atoms with van der Waals surface area (Å²) in [6.45, 7) is 2.13. The fourth-order valence-corrected chi connectivity index (χ4v) is 1.58. The summed E-state index contributed by atoms with van der Waals surface area (Å²) in [6.07, 6.45) is 3.10. The molecule has 0 aliphatic carbocycles. The number of allylic oxidation sites excluding steroid dienone is 1. The minimum atomic E-state index is -1.54. The zero-order valence-electron chi connectivity index (χ0n) is 7.48. The van der Waals surface area contributed by atoms with Crippen LogP contribution in [0.4, 0.5) is 8.78 Å². The Morgan fingerprint density at radius 3 is 2.58 bits per heavy atom. The molecule has 0 bridgehead atoms. The van der Waals surface area contributed by atoms with Crippen LogP contribution in [0.5, 0.6) is 0 Å². The molecule has 0 unspecified atom stereocenters. The molecule has 12 heavy (non-hydrogen) atoms. The van der Waals surface area contributed by atoms with E-state index in [0.717, 1.165) is 31.1 Å². The predicted octanol–water partition coefficient (Wildman–Crippen LogP) is 4.08. The highest BCUT2D eigenvalue weighted by atomic mass is 32.2. The second-order valence-electron chi connectivity index (χ2n) is 2.54. The Morgan fingerprint density at radius 2 is 2.00 bits per heavy atom. The van der Waals surface area contributed by atoms with Gasteiger partial charge in [0.1, 0.15) is 0 Å². The van der Waals surface area contributed by atoms with Crippen LogP contribution in [0.1, 0.15) is 32.6 Å². The predicted molar refractivity (Wildman–Crippen MR) is 51.8 cm³/mol. The maximum atomic E-state index is 11.5. The molecular weight excluding hydrogens is 178 g/mol. The van der Waals surface area contributed by atoms with E-state index in [-0.39, 0.29) is 0 Å². The average Bonchev–Trinajstić information content (AvgIpc) is 2.02. The van der Waals surface area contributed by atoms with E-state index in [1.54, 1.807) is 0 Å². The SMILES string of the molecule is CCSCCCCCC=C(F)F. The summed E-state index contributed by atoms with van der Waals surface area (Å²) in [6, 6.07) is 0. The Kier molecular flexibility index (Phi) is 9.00. The van der Waals surface area contributed by atoms with E-state index in [4.69, 9.17) is 0 Å². The second kappa shape index (κ2) is 9.04. The number of rotatable bonds is 7. The summed E-state index contributed by atoms with van der Waals surface area (Å²) >= 11 is 1.91. The van der Waals surface area contributed by atoms with Gasteiger partial charge in [-0.2, -0.15) is 20.5 Å². The molecule has 0 nitrogen and oxygen atoms in total. The fourth-order valence-electron chi connectivity index (χ4n) is 0.881. The first-order chi connectivity index (χ1) is 5.77. The maximum absolute atomic E-state index is 11.5. The van der Waals surface area contributed by atoms with Crippen molar-refractivity contribution in [2.45, 2.75) is 32.6 Å². The summed E-state index contributed by atoms with van der Waals surface area (Å²) in [7, 11) is 0. The molecule has 0 aromatic rings. The fraction of sp³-hybridized carbons (Fsp3) is 0.778. The Morgan fingerprint density at radius 1 is 1.25 bits per heavy atom. The standard InChI is InChI=1S/C9H16F2S/c1-2-12-8-6-4-3-5-7-9(10)11/h7H,2-6,8H2,1H3. The van der Waals surface area contributed by atoms with E-state index in [9.17, 15) is 8.78 Å². The molecule has 0 N–H and O–H groups in total. The molecule has 0 amide bonds. The normalized spacial score (nSPS) is 9.92. The number of hydrogen-bond donors (Lipinski definition) is 0. The van der Waals surface area contributed by atoms with Gasteiger partial charge in [0.2, 0.25) is 0 Å². The molecule has 72 valence electrons. The van der Waals surface area contributed by atoms with Gasteiger partial charge in [-0.15, -0.1) is 0 Å². The zero-order valence-corrected chi connectivity index (χ0v) is 8.30. The molecular formula is C9H16F2S. The van der Waals surface area contributed by atoms with Crippen molar-refractivity contribution in [3.63, 3.8) is 0 Å². The Bertz CT molecular complexity index is 120. The number of hydrogen-bond acceptors (Lipinski definition) is 1. The number of halogens is 2. The third-order valence-corrected chi connectivity index (χ3v) is 2.48. The van der Waals surface area contributed by atoms with Crippen LogP contribution in [0.2, 0.25) is 0 Å². The molecule has 0 fully saturated rings. The molecule has 0 rings (SSSR count). The van der Waals surface area contributed by atoms with E-state index < -0.39 is 6.08 Å². The van der Waals surface area contributed by atoms with Gasteiger partial charge >= 0.3 is 0 Å². The van der Waals surface area contributed by atoms with Crippen LogP contribution in [0.15, 0.2) is 12.2 Å². The highest BCUT2D eigenvalue weighted by molar-refractivity contribution is 7.99. The molecule has 0 saturated carbocycles. The van der Waals surface area contributed by atoms with Gasteiger partial charge in [0.15, 0.2) is 0 Å². The number of unbranched alkanes of at least 4 members (excludes halogenated alkanes) is 3. The first kappa shape index (κ1) is 11.9. The molecule has 0 aliphatic rings. The van der Waals surface area contributed by atoms with Gasteiger partial charge in [-0.05, 0) is 36.8 Å². The maximum Gasteiger partial charge on any atom is 0.266 e. The highest BCUT2D eigenvalue weighted by Crippen LogP contribution is 2.08. The molecule has 0 radical (unpaired) electrons. The van der Waals surface area contributed by atoms with Crippen molar-refractivity contribution in [1.82, 2.24) is 0 Å². The minimum absolute atomic E-state index is 0.527. The molecule has 0 aromatic carbocycles. The van der Waals surface area contributed by atoms with E-state index in [2.05, 4.69) is 6.92 Å². The lowest BCUT2D eigenvalue weighted by atomic mass is 10.2. The van der Waals surface area contributed by atoms with E-state index in [1.807, 2.05) is 11.8 Å². The van der Waals surface area contributed by atoms with Gasteiger partial charge in [-0.1, -0.05) is 13.3 Å². The van der Waals surface area contributed by atoms with Crippen molar-refractivity contribution >= 4 is 11.8 Å². The highest BCUT2D eigenvalue weighted by Gasteiger charge is 1.90. The average molecular weight is 194 g/mol. The van der Waals surface area contributed by atoms with E-state index in [0.29, 0.717) is 6.42 Å². The third kappa shape index (κ3) is 9.95. The quantitative estimate of drug-likeness (QED) is 0.550. The molecule has 0 saturated heterocycles. The van der Waals surface area contributed by atoms with Crippen LogP contribution < -0.4 is 0 Å². The lowest BCUT2D eigenvalue weighted by molar-refractivity contribution is 0.416. The molecule has 0 heterocycles. The molecule has 0 aliphatic heterocycles. The molecule has 0 spiro atoms. The summed E-state index contributed by atoms with van der Waals surface area (Å²) in [4.78, 5) is 0. The summed E-state index contributed by atoms with van der Waals surface area (Å²) < 4.78 is 23.0. The third-order valence-electron chi connectivity index (χ3n) is 1.50. The van der Waals surface area contributed by atoms with Crippen molar-refractivity contribution in [2.24, 2.45) is 0 Å². The van der Waals surface area contributed by atoms with Crippen molar-refractivity contribution in [1.29, 1.82) is 0 Å². The van der Waals surface area contributed by atoms with Gasteiger partial charge in [-0.3, -0.25) is 0 Å². The molecule has 0 aromatic heterocycles. The monoisotopic (exact) mass is 194 g/mol. The zero-order chi connectivity index (χ0) is 9.23. The number of thioether (sulfide) groups is 1. The molecule has 0 atom stereocenters. The van der Waals surface area contributed by atoms with Crippen molar-refractivity contribution in [2.75, 3.05) is 11.5 Å². The van der Waals surface area contributed by atoms with Crippen LogP contribution >= 0.6 is 11.8 Å². The van der Waals surface area contributed by atoms with Crippen LogP contribution in [-0.4, -0.2) is 11.5 Å². The summed E-state index contributed by atoms with van der Waals surface area (Å²) in [5.74, 6) is 2.32. The Balaban J connectivity index is 2.96. The minimum Gasteiger partial charge on any atom is -0.174 e. The van der Waals surface area contributed by atoms with Gasteiger partial charge in [-0.25, -0.2) is 0 Å². The van der Waals surface area contributed by atoms with Crippen molar-refractivity contribution in [3.8, 4) is 0 Å². The first-order valence-electron chi connectivity index (χ1n) is 4.36. The summed E-state index contributed by atoms with van der Waals surface area (Å²) in [5, 5.41) is 0. The van der Waals surface area contributed by atoms with Crippen LogP contribution in [0.3, 0.4) is 0 Å². The van der Waals surface area contributed by atoms with Crippen molar-refractivity contribution < 1.29 is 8.78 Å². The smallest absolute Gasteiger partial charge is 0.174 e. The second-order valence-corrected chi connectivity index (χ2v) is 3.93. The van der Waals surface area contributed by atoms with Gasteiger partial charge < -0.3 is 0 Å². The van der Waals surface area contributed by atoms with Gasteiger partial charge in [0.05, 0.1) is 0 Å². The van der Waals surface area contributed by atoms with Crippen molar-refractivity contribution in [3.05, 3.63) is 12.2 Å². The lowest BCUT2D eigenvalue weighted by Gasteiger charge is -1.96. The van der Waals surface area contributed by atoms with Crippen LogP contribution in [0, 0.1) is 0 Å². The lowest BCUT2D eigenvalue weighted by Crippen LogP contribution is -1.81. The van der Waals surface area contributed by atoms with Gasteiger partial charge in [0, 0.05) is 0 Å². The topological polar surface area (TPSA) is 0 Å². The Labute approximate surface area is 77.4 Å². The Hall–Kier alpha value is -0.0500. The summed E-state index contributed by atoms with van der Waals surface area (Å²) in [5.41, 5.74) is 0. The van der Waals surface area contributed by atoms with Crippen LogP contribution in [-0.2, 0) is 0 Å². The molecule has 3 heteroatoms.